The van der Waals surface area contributed by atoms with E-state index in [9.17, 15) is 5.11 Å². The van der Waals surface area contributed by atoms with Crippen LogP contribution in [0.2, 0.25) is 0 Å². The Morgan fingerprint density at radius 3 is 2.79 bits per heavy atom. The van der Waals surface area contributed by atoms with Gasteiger partial charge in [-0.15, -0.1) is 0 Å². The van der Waals surface area contributed by atoms with Crippen LogP contribution >= 0.6 is 15.9 Å². The molecule has 2 aliphatic rings. The van der Waals surface area contributed by atoms with Crippen LogP contribution in [-0.4, -0.2) is 11.7 Å². The number of aryl methyl sites for hydroxylation is 1. The van der Waals surface area contributed by atoms with Gasteiger partial charge in [0, 0.05) is 16.4 Å². The molecule has 19 heavy (non-hydrogen) atoms. The van der Waals surface area contributed by atoms with Crippen molar-refractivity contribution in [2.75, 3.05) is 6.54 Å². The fraction of sp³-hybridized carbons (Fsp3) is 0.625. The summed E-state index contributed by atoms with van der Waals surface area (Å²) in [7, 11) is 0. The van der Waals surface area contributed by atoms with Crippen molar-refractivity contribution in [1.29, 1.82) is 0 Å². The highest BCUT2D eigenvalue weighted by atomic mass is 79.9. The van der Waals surface area contributed by atoms with Crippen molar-refractivity contribution < 1.29 is 5.11 Å². The fourth-order valence-corrected chi connectivity index (χ4v) is 4.69. The zero-order valence-corrected chi connectivity index (χ0v) is 13.0. The average molecular weight is 324 g/mol. The van der Waals surface area contributed by atoms with E-state index in [1.165, 1.54) is 24.8 Å². The second-order valence-electron chi connectivity index (χ2n) is 6.43. The number of rotatable bonds is 3. The lowest BCUT2D eigenvalue weighted by molar-refractivity contribution is -0.0130. The lowest BCUT2D eigenvalue weighted by atomic mass is 9.67. The summed E-state index contributed by atoms with van der Waals surface area (Å²) in [5.74, 6) is 1.40. The molecule has 0 radical (unpaired) electrons. The van der Waals surface area contributed by atoms with Gasteiger partial charge in [-0.05, 0) is 55.2 Å². The van der Waals surface area contributed by atoms with Gasteiger partial charge in [0.05, 0.1) is 6.10 Å². The first-order chi connectivity index (χ1) is 9.06. The van der Waals surface area contributed by atoms with E-state index >= 15 is 0 Å². The molecule has 3 N–H and O–H groups in total. The Balaban J connectivity index is 1.93. The number of nitrogens with two attached hydrogens (primary N) is 1. The van der Waals surface area contributed by atoms with Crippen molar-refractivity contribution in [3.05, 3.63) is 33.8 Å². The maximum Gasteiger partial charge on any atom is 0.0861 e. The van der Waals surface area contributed by atoms with Crippen molar-refractivity contribution >= 4 is 15.9 Å². The summed E-state index contributed by atoms with van der Waals surface area (Å²) in [5.41, 5.74) is 8.21. The Bertz CT molecular complexity index is 490. The Kier molecular flexibility index (Phi) is 3.48. The van der Waals surface area contributed by atoms with E-state index in [4.69, 9.17) is 5.73 Å². The van der Waals surface area contributed by atoms with Crippen LogP contribution < -0.4 is 5.73 Å². The van der Waals surface area contributed by atoms with E-state index in [2.05, 4.69) is 35.0 Å². The Morgan fingerprint density at radius 1 is 1.47 bits per heavy atom. The molecule has 2 nitrogen and oxygen atoms in total. The monoisotopic (exact) mass is 323 g/mol. The van der Waals surface area contributed by atoms with E-state index in [1.807, 2.05) is 6.07 Å². The number of aliphatic hydroxyl groups is 1. The molecular formula is C16H22BrNO. The van der Waals surface area contributed by atoms with E-state index < -0.39 is 6.10 Å². The lowest BCUT2D eigenvalue weighted by Crippen LogP contribution is -2.41. The molecule has 1 aromatic carbocycles. The van der Waals surface area contributed by atoms with Crippen molar-refractivity contribution in [1.82, 2.24) is 0 Å². The van der Waals surface area contributed by atoms with E-state index in [0.717, 1.165) is 22.4 Å². The Hall–Kier alpha value is -0.380. The third kappa shape index (κ3) is 2.07. The van der Waals surface area contributed by atoms with Crippen LogP contribution in [0.25, 0.3) is 0 Å². The molecule has 2 fully saturated rings. The average Bonchev–Trinajstić information content (AvgIpc) is 3.02. The molecule has 1 aromatic rings. The van der Waals surface area contributed by atoms with Crippen molar-refractivity contribution in [2.45, 2.75) is 38.7 Å². The van der Waals surface area contributed by atoms with Crippen molar-refractivity contribution in [3.8, 4) is 0 Å². The summed E-state index contributed by atoms with van der Waals surface area (Å²) < 4.78 is 1.07. The van der Waals surface area contributed by atoms with Gasteiger partial charge in [-0.2, -0.15) is 0 Å². The zero-order chi connectivity index (χ0) is 13.6. The third-order valence-corrected chi connectivity index (χ3v) is 6.31. The van der Waals surface area contributed by atoms with Gasteiger partial charge in [-0.3, -0.25) is 0 Å². The molecule has 2 bridgehead atoms. The molecule has 4 unspecified atom stereocenters. The largest absolute Gasteiger partial charge is 0.388 e. The highest BCUT2D eigenvalue weighted by Gasteiger charge is 2.54. The molecule has 3 rings (SSSR count). The van der Waals surface area contributed by atoms with Crippen LogP contribution in [0.15, 0.2) is 22.7 Å². The van der Waals surface area contributed by atoms with Gasteiger partial charge in [0.15, 0.2) is 0 Å². The quantitative estimate of drug-likeness (QED) is 0.893. The van der Waals surface area contributed by atoms with Crippen LogP contribution in [0.4, 0.5) is 0 Å². The van der Waals surface area contributed by atoms with E-state index in [-0.39, 0.29) is 5.41 Å². The number of fused-ring (bicyclic) bond motifs is 2. The smallest absolute Gasteiger partial charge is 0.0861 e. The highest BCUT2D eigenvalue weighted by Crippen LogP contribution is 2.60. The van der Waals surface area contributed by atoms with Crippen molar-refractivity contribution in [2.24, 2.45) is 23.0 Å². The van der Waals surface area contributed by atoms with E-state index in [1.54, 1.807) is 0 Å². The molecule has 0 heterocycles. The van der Waals surface area contributed by atoms with Gasteiger partial charge in [-0.1, -0.05) is 34.5 Å². The molecule has 0 aromatic heterocycles. The van der Waals surface area contributed by atoms with Gasteiger partial charge in [-0.25, -0.2) is 0 Å². The van der Waals surface area contributed by atoms with Gasteiger partial charge in [0.1, 0.15) is 0 Å². The van der Waals surface area contributed by atoms with Gasteiger partial charge >= 0.3 is 0 Å². The summed E-state index contributed by atoms with van der Waals surface area (Å²) in [5, 5.41) is 10.9. The summed E-state index contributed by atoms with van der Waals surface area (Å²) in [6, 6.07) is 6.18. The molecule has 0 spiro atoms. The number of hydrogen-bond acceptors (Lipinski definition) is 2. The maximum atomic E-state index is 10.9. The first kappa shape index (κ1) is 13.6. The summed E-state index contributed by atoms with van der Waals surface area (Å²) in [4.78, 5) is 0. The third-order valence-electron chi connectivity index (χ3n) is 5.46. The predicted octanol–water partition coefficient (Wildman–Crippen LogP) is 3.56. The predicted molar refractivity (Wildman–Crippen MR) is 80.8 cm³/mol. The van der Waals surface area contributed by atoms with Gasteiger partial charge < -0.3 is 10.8 Å². The minimum absolute atomic E-state index is 0.0857. The zero-order valence-electron chi connectivity index (χ0n) is 11.4. The maximum absolute atomic E-state index is 10.9. The molecule has 0 saturated heterocycles. The number of aliphatic hydroxyl groups excluding tert-OH is 1. The number of hydrogen-bond donors (Lipinski definition) is 2. The van der Waals surface area contributed by atoms with Crippen molar-refractivity contribution in [3.63, 3.8) is 0 Å². The Morgan fingerprint density at radius 2 is 2.26 bits per heavy atom. The first-order valence-corrected chi connectivity index (χ1v) is 8.00. The minimum atomic E-state index is -0.426. The van der Waals surface area contributed by atoms with Crippen LogP contribution in [0.5, 0.6) is 0 Å². The topological polar surface area (TPSA) is 46.2 Å². The van der Waals surface area contributed by atoms with E-state index in [0.29, 0.717) is 12.5 Å². The minimum Gasteiger partial charge on any atom is -0.388 e. The van der Waals surface area contributed by atoms with Crippen LogP contribution in [0, 0.1) is 24.2 Å². The highest BCUT2D eigenvalue weighted by molar-refractivity contribution is 9.10. The summed E-state index contributed by atoms with van der Waals surface area (Å²) in [6.45, 7) is 2.66. The van der Waals surface area contributed by atoms with Crippen LogP contribution in [0.1, 0.15) is 42.9 Å². The number of halogens is 1. The molecule has 0 aliphatic heterocycles. The van der Waals surface area contributed by atoms with Crippen LogP contribution in [0.3, 0.4) is 0 Å². The summed E-state index contributed by atoms with van der Waals surface area (Å²) in [6.07, 6.45) is 4.51. The first-order valence-electron chi connectivity index (χ1n) is 7.21. The second-order valence-corrected chi connectivity index (χ2v) is 7.28. The lowest BCUT2D eigenvalue weighted by Gasteiger charge is -2.41. The fourth-order valence-electron chi connectivity index (χ4n) is 4.29. The molecule has 3 heteroatoms. The number of benzene rings is 1. The Labute approximate surface area is 123 Å². The molecular weight excluding hydrogens is 302 g/mol. The molecule has 104 valence electrons. The SMILES string of the molecule is Cc1ccc(C(O)C2(CN)CC3CCC2C3)cc1Br. The van der Waals surface area contributed by atoms with Gasteiger partial charge in [0.25, 0.3) is 0 Å². The normalized spacial score (nSPS) is 34.7. The standard InChI is InChI=1S/C16H22BrNO/c1-10-2-4-12(7-14(10)17)15(19)16(9-18)8-11-3-5-13(16)6-11/h2,4,7,11,13,15,19H,3,5-6,8-9,18H2,1H3. The second kappa shape index (κ2) is 4.87. The van der Waals surface area contributed by atoms with Gasteiger partial charge in [0.2, 0.25) is 0 Å². The molecule has 2 aliphatic carbocycles. The molecule has 0 amide bonds. The van der Waals surface area contributed by atoms with Crippen LogP contribution in [-0.2, 0) is 0 Å². The molecule has 2 saturated carbocycles. The summed E-state index contributed by atoms with van der Waals surface area (Å²) >= 11 is 3.56. The molecule has 4 atom stereocenters.